The maximum atomic E-state index is 12.7. The standard InChI is InChI=1S/C18H25N3O2.2ClH/c19-14-9-12(10-16(14)22)17(23)21-7-5-18(6-8-21)11-20-15-4-2-1-3-13(15)18;;/h1-4,12,14,16,20,22H,5-11,19H2;2*1H/t12-,14+,16+;;/m0../s1. The minimum atomic E-state index is -0.522. The lowest BCUT2D eigenvalue weighted by atomic mass is 9.74. The third kappa shape index (κ3) is 3.47. The van der Waals surface area contributed by atoms with Crippen molar-refractivity contribution in [1.29, 1.82) is 0 Å². The number of carbonyl (C=O) groups excluding carboxylic acids is 1. The van der Waals surface area contributed by atoms with Gasteiger partial charge in [-0.25, -0.2) is 0 Å². The summed E-state index contributed by atoms with van der Waals surface area (Å²) in [4.78, 5) is 14.7. The average molecular weight is 388 g/mol. The fraction of sp³-hybridized carbons (Fsp3) is 0.611. The molecule has 5 nitrogen and oxygen atoms in total. The van der Waals surface area contributed by atoms with E-state index < -0.39 is 6.10 Å². The van der Waals surface area contributed by atoms with Gasteiger partial charge in [0.25, 0.3) is 0 Å². The SMILES string of the molecule is Cl.Cl.N[C@@H]1C[C@H](C(=O)N2CCC3(CC2)CNc2ccccc23)C[C@H]1O. The molecule has 3 aliphatic rings. The van der Waals surface area contributed by atoms with Crippen molar-refractivity contribution in [3.63, 3.8) is 0 Å². The Labute approximate surface area is 161 Å². The predicted molar refractivity (Wildman–Crippen MR) is 104 cm³/mol. The molecule has 0 aromatic heterocycles. The van der Waals surface area contributed by atoms with Crippen molar-refractivity contribution >= 4 is 36.4 Å². The van der Waals surface area contributed by atoms with Crippen LogP contribution < -0.4 is 11.1 Å². The first-order chi connectivity index (χ1) is 11.1. The highest BCUT2D eigenvalue weighted by Crippen LogP contribution is 2.44. The highest BCUT2D eigenvalue weighted by atomic mass is 35.5. The number of nitrogens with two attached hydrogens (primary N) is 1. The van der Waals surface area contributed by atoms with Crippen LogP contribution in [0.5, 0.6) is 0 Å². The van der Waals surface area contributed by atoms with Crippen LogP contribution in [0, 0.1) is 5.92 Å². The molecule has 2 heterocycles. The van der Waals surface area contributed by atoms with Gasteiger partial charge in [0, 0.05) is 42.7 Å². The molecule has 7 heteroatoms. The van der Waals surface area contributed by atoms with E-state index in [0.717, 1.165) is 32.5 Å². The summed E-state index contributed by atoms with van der Waals surface area (Å²) in [5.41, 5.74) is 8.69. The molecule has 0 radical (unpaired) electrons. The van der Waals surface area contributed by atoms with E-state index in [4.69, 9.17) is 5.73 Å². The molecule has 1 aromatic rings. The summed E-state index contributed by atoms with van der Waals surface area (Å²) in [6.07, 6.45) is 2.62. The summed E-state index contributed by atoms with van der Waals surface area (Å²) >= 11 is 0. The molecule has 3 atom stereocenters. The van der Waals surface area contributed by atoms with Crippen molar-refractivity contribution in [3.05, 3.63) is 29.8 Å². The van der Waals surface area contributed by atoms with Gasteiger partial charge in [-0.05, 0) is 37.3 Å². The van der Waals surface area contributed by atoms with Gasteiger partial charge >= 0.3 is 0 Å². The summed E-state index contributed by atoms with van der Waals surface area (Å²) < 4.78 is 0. The minimum Gasteiger partial charge on any atom is -0.391 e. The number of nitrogens with one attached hydrogen (secondary N) is 1. The molecule has 4 N–H and O–H groups in total. The number of hydrogen-bond donors (Lipinski definition) is 3. The van der Waals surface area contributed by atoms with Crippen molar-refractivity contribution < 1.29 is 9.90 Å². The number of fused-ring (bicyclic) bond motifs is 2. The molecule has 1 amide bonds. The first-order valence-corrected chi connectivity index (χ1v) is 8.65. The van der Waals surface area contributed by atoms with E-state index in [1.54, 1.807) is 0 Å². The number of aliphatic hydroxyl groups is 1. The van der Waals surface area contributed by atoms with Crippen LogP contribution in [0.2, 0.25) is 0 Å². The molecule has 0 bridgehead atoms. The number of anilines is 1. The van der Waals surface area contributed by atoms with Crippen molar-refractivity contribution in [2.24, 2.45) is 11.7 Å². The number of halogens is 2. The fourth-order valence-electron chi connectivity index (χ4n) is 4.57. The van der Waals surface area contributed by atoms with Gasteiger partial charge < -0.3 is 21.1 Å². The third-order valence-corrected chi connectivity index (χ3v) is 6.07. The Hall–Kier alpha value is -1.01. The normalized spacial score (nSPS) is 29.4. The lowest BCUT2D eigenvalue weighted by Crippen LogP contribution is -2.47. The molecule has 1 saturated carbocycles. The molecule has 1 spiro atoms. The smallest absolute Gasteiger partial charge is 0.225 e. The van der Waals surface area contributed by atoms with Crippen LogP contribution in [0.15, 0.2) is 24.3 Å². The Kier molecular flexibility index (Phi) is 6.26. The molecule has 1 aliphatic carbocycles. The second-order valence-electron chi connectivity index (χ2n) is 7.40. The van der Waals surface area contributed by atoms with Crippen LogP contribution in [-0.4, -0.2) is 47.7 Å². The zero-order valence-corrected chi connectivity index (χ0v) is 15.8. The van der Waals surface area contributed by atoms with E-state index >= 15 is 0 Å². The van der Waals surface area contributed by atoms with Gasteiger partial charge in [0.15, 0.2) is 0 Å². The topological polar surface area (TPSA) is 78.6 Å². The van der Waals surface area contributed by atoms with Crippen LogP contribution in [0.3, 0.4) is 0 Å². The summed E-state index contributed by atoms with van der Waals surface area (Å²) in [7, 11) is 0. The van der Waals surface area contributed by atoms with Crippen molar-refractivity contribution in [2.75, 3.05) is 25.0 Å². The lowest BCUT2D eigenvalue weighted by molar-refractivity contribution is -0.137. The van der Waals surface area contributed by atoms with E-state index in [1.165, 1.54) is 11.3 Å². The number of hydrogen-bond acceptors (Lipinski definition) is 4. The lowest BCUT2D eigenvalue weighted by Gasteiger charge is -2.40. The highest BCUT2D eigenvalue weighted by Gasteiger charge is 2.44. The monoisotopic (exact) mass is 387 g/mol. The fourth-order valence-corrected chi connectivity index (χ4v) is 4.57. The minimum absolute atomic E-state index is 0. The van der Waals surface area contributed by atoms with E-state index in [9.17, 15) is 9.90 Å². The molecular weight excluding hydrogens is 361 g/mol. The molecule has 140 valence electrons. The summed E-state index contributed by atoms with van der Waals surface area (Å²) in [6.45, 7) is 2.58. The second-order valence-corrected chi connectivity index (χ2v) is 7.40. The Morgan fingerprint density at radius 2 is 1.88 bits per heavy atom. The number of amides is 1. The van der Waals surface area contributed by atoms with Crippen LogP contribution >= 0.6 is 24.8 Å². The predicted octanol–water partition coefficient (Wildman–Crippen LogP) is 1.91. The van der Waals surface area contributed by atoms with Gasteiger partial charge in [-0.15, -0.1) is 24.8 Å². The van der Waals surface area contributed by atoms with E-state index in [-0.39, 0.29) is 48.1 Å². The summed E-state index contributed by atoms with van der Waals surface area (Å²) in [6, 6.07) is 8.29. The quantitative estimate of drug-likeness (QED) is 0.687. The molecule has 2 fully saturated rings. The molecule has 1 aromatic carbocycles. The number of benzene rings is 1. The molecule has 1 saturated heterocycles. The van der Waals surface area contributed by atoms with Crippen molar-refractivity contribution in [1.82, 2.24) is 4.90 Å². The van der Waals surface area contributed by atoms with Gasteiger partial charge in [0.1, 0.15) is 0 Å². The van der Waals surface area contributed by atoms with Crippen molar-refractivity contribution in [2.45, 2.75) is 43.2 Å². The van der Waals surface area contributed by atoms with E-state index in [0.29, 0.717) is 12.8 Å². The Balaban J connectivity index is 0.00000113. The molecule has 2 aliphatic heterocycles. The van der Waals surface area contributed by atoms with Crippen LogP contribution in [0.1, 0.15) is 31.2 Å². The number of rotatable bonds is 1. The number of likely N-dealkylation sites (tertiary alicyclic amines) is 1. The zero-order valence-electron chi connectivity index (χ0n) is 14.2. The molecule has 0 unspecified atom stereocenters. The van der Waals surface area contributed by atoms with Gasteiger partial charge in [-0.3, -0.25) is 4.79 Å². The third-order valence-electron chi connectivity index (χ3n) is 6.07. The highest BCUT2D eigenvalue weighted by molar-refractivity contribution is 5.85. The van der Waals surface area contributed by atoms with E-state index in [1.807, 2.05) is 4.90 Å². The van der Waals surface area contributed by atoms with Crippen LogP contribution in [0.4, 0.5) is 5.69 Å². The zero-order chi connectivity index (χ0) is 16.0. The Morgan fingerprint density at radius 1 is 1.20 bits per heavy atom. The number of nitrogens with zero attached hydrogens (tertiary/aromatic N) is 1. The van der Waals surface area contributed by atoms with Crippen LogP contribution in [-0.2, 0) is 10.2 Å². The number of aliphatic hydroxyl groups excluding tert-OH is 1. The Bertz CT molecular complexity index is 610. The molecule has 25 heavy (non-hydrogen) atoms. The number of piperidine rings is 1. The first-order valence-electron chi connectivity index (χ1n) is 8.65. The summed E-state index contributed by atoms with van der Waals surface area (Å²) in [5.74, 6) is 0.0918. The Morgan fingerprint density at radius 3 is 2.52 bits per heavy atom. The maximum Gasteiger partial charge on any atom is 0.225 e. The first kappa shape index (κ1) is 20.3. The second kappa shape index (κ2) is 7.70. The molecule has 4 rings (SSSR count). The van der Waals surface area contributed by atoms with E-state index in [2.05, 4.69) is 29.6 Å². The summed E-state index contributed by atoms with van der Waals surface area (Å²) in [5, 5.41) is 13.3. The van der Waals surface area contributed by atoms with Crippen LogP contribution in [0.25, 0.3) is 0 Å². The van der Waals surface area contributed by atoms with Gasteiger partial charge in [0.2, 0.25) is 5.91 Å². The molecular formula is C18H27Cl2N3O2. The average Bonchev–Trinajstić information content (AvgIpc) is 3.10. The largest absolute Gasteiger partial charge is 0.391 e. The number of para-hydroxylation sites is 1. The number of carbonyl (C=O) groups is 1. The maximum absolute atomic E-state index is 12.7. The van der Waals surface area contributed by atoms with Gasteiger partial charge in [-0.2, -0.15) is 0 Å². The van der Waals surface area contributed by atoms with Gasteiger partial charge in [0.05, 0.1) is 6.10 Å². The van der Waals surface area contributed by atoms with Gasteiger partial charge in [-0.1, -0.05) is 18.2 Å². The van der Waals surface area contributed by atoms with Crippen molar-refractivity contribution in [3.8, 4) is 0 Å².